The molecule has 1 aromatic carbocycles. The largest absolute Gasteiger partial charge is 0.497 e. The lowest BCUT2D eigenvalue weighted by Crippen LogP contribution is -2.31. The van der Waals surface area contributed by atoms with Gasteiger partial charge >= 0.3 is 6.03 Å². The van der Waals surface area contributed by atoms with E-state index >= 15 is 0 Å². The number of amides is 2. The van der Waals surface area contributed by atoms with Gasteiger partial charge < -0.3 is 9.64 Å². The molecule has 1 N–H and O–H groups in total. The Hall–Kier alpha value is -2.57. The van der Waals surface area contributed by atoms with Crippen molar-refractivity contribution < 1.29 is 9.53 Å². The highest BCUT2D eigenvalue weighted by molar-refractivity contribution is 5.87. The Bertz CT molecular complexity index is 594. The molecule has 1 aromatic heterocycles. The van der Waals surface area contributed by atoms with Crippen molar-refractivity contribution in [2.24, 2.45) is 0 Å². The first kappa shape index (κ1) is 14.8. The van der Waals surface area contributed by atoms with Gasteiger partial charge in [0.1, 0.15) is 12.1 Å². The van der Waals surface area contributed by atoms with E-state index in [9.17, 15) is 4.79 Å². The van der Waals surface area contributed by atoms with Crippen LogP contribution in [0.3, 0.4) is 0 Å². The molecule has 0 saturated carbocycles. The summed E-state index contributed by atoms with van der Waals surface area (Å²) < 4.78 is 6.75. The van der Waals surface area contributed by atoms with E-state index in [1.165, 1.54) is 0 Å². The molecule has 7 heteroatoms. The summed E-state index contributed by atoms with van der Waals surface area (Å²) in [6.07, 6.45) is 1.58. The molecule has 0 unspecified atom stereocenters. The molecule has 0 saturated heterocycles. The van der Waals surface area contributed by atoms with Crippen molar-refractivity contribution >= 4 is 12.0 Å². The average molecular weight is 289 g/mol. The highest BCUT2D eigenvalue weighted by Gasteiger charge is 2.11. The van der Waals surface area contributed by atoms with Crippen LogP contribution in [0.15, 0.2) is 30.6 Å². The standard InChI is InChI=1S/C14H19N5O2/c1-4-19-10-15-13(17-19)16-14(20)18(2)9-11-5-7-12(21-3)8-6-11/h5-8,10H,4,9H2,1-3H3,(H,16,17,20). The van der Waals surface area contributed by atoms with E-state index in [4.69, 9.17) is 4.74 Å². The molecule has 7 nitrogen and oxygen atoms in total. The SMILES string of the molecule is CCn1cnc(NC(=O)N(C)Cc2ccc(OC)cc2)n1. The van der Waals surface area contributed by atoms with E-state index in [-0.39, 0.29) is 6.03 Å². The van der Waals surface area contributed by atoms with Crippen molar-refractivity contribution in [2.75, 3.05) is 19.5 Å². The number of urea groups is 1. The number of nitrogens with one attached hydrogen (secondary N) is 1. The molecule has 0 atom stereocenters. The molecular formula is C14H19N5O2. The van der Waals surface area contributed by atoms with E-state index in [2.05, 4.69) is 15.4 Å². The van der Waals surface area contributed by atoms with Gasteiger partial charge in [-0.05, 0) is 24.6 Å². The van der Waals surface area contributed by atoms with Crippen LogP contribution in [-0.4, -0.2) is 39.9 Å². The number of benzene rings is 1. The highest BCUT2D eigenvalue weighted by Crippen LogP contribution is 2.12. The third kappa shape index (κ3) is 3.95. The van der Waals surface area contributed by atoms with Crippen molar-refractivity contribution in [3.63, 3.8) is 0 Å². The number of hydrogen-bond donors (Lipinski definition) is 1. The zero-order valence-corrected chi connectivity index (χ0v) is 12.4. The van der Waals surface area contributed by atoms with E-state index in [1.807, 2.05) is 31.2 Å². The van der Waals surface area contributed by atoms with Crippen molar-refractivity contribution in [2.45, 2.75) is 20.0 Å². The lowest BCUT2D eigenvalue weighted by Gasteiger charge is -2.17. The molecule has 2 amide bonds. The van der Waals surface area contributed by atoms with E-state index in [1.54, 1.807) is 30.1 Å². The van der Waals surface area contributed by atoms with Gasteiger partial charge in [-0.25, -0.2) is 9.78 Å². The number of carbonyl (C=O) groups is 1. The Labute approximate surface area is 123 Å². The van der Waals surface area contributed by atoms with Gasteiger partial charge in [0.25, 0.3) is 0 Å². The van der Waals surface area contributed by atoms with Crippen LogP contribution in [0.4, 0.5) is 10.7 Å². The smallest absolute Gasteiger partial charge is 0.324 e. The van der Waals surface area contributed by atoms with Crippen LogP contribution < -0.4 is 10.1 Å². The molecule has 2 aromatic rings. The lowest BCUT2D eigenvalue weighted by molar-refractivity contribution is 0.220. The number of anilines is 1. The van der Waals surface area contributed by atoms with Crippen LogP contribution in [0.1, 0.15) is 12.5 Å². The molecule has 1 heterocycles. The van der Waals surface area contributed by atoms with Crippen LogP contribution in [0.5, 0.6) is 5.75 Å². The second kappa shape index (κ2) is 6.74. The first-order valence-corrected chi connectivity index (χ1v) is 6.67. The fourth-order valence-corrected chi connectivity index (χ4v) is 1.77. The summed E-state index contributed by atoms with van der Waals surface area (Å²) >= 11 is 0. The van der Waals surface area contributed by atoms with Crippen molar-refractivity contribution in [1.82, 2.24) is 19.7 Å². The Balaban J connectivity index is 1.92. The summed E-state index contributed by atoms with van der Waals surface area (Å²) in [5.74, 6) is 1.10. The molecule has 0 bridgehead atoms. The number of carbonyl (C=O) groups excluding carboxylic acids is 1. The van der Waals surface area contributed by atoms with E-state index in [0.29, 0.717) is 19.0 Å². The number of aryl methyl sites for hydroxylation is 1. The minimum absolute atomic E-state index is 0.250. The topological polar surface area (TPSA) is 72.3 Å². The third-order valence-corrected chi connectivity index (χ3v) is 3.00. The quantitative estimate of drug-likeness (QED) is 0.913. The molecule has 0 spiro atoms. The maximum atomic E-state index is 12.0. The summed E-state index contributed by atoms with van der Waals surface area (Å²) in [5.41, 5.74) is 1.01. The van der Waals surface area contributed by atoms with Gasteiger partial charge in [0.05, 0.1) is 7.11 Å². The first-order chi connectivity index (χ1) is 10.1. The maximum Gasteiger partial charge on any atom is 0.324 e. The summed E-state index contributed by atoms with van der Waals surface area (Å²) in [6, 6.07) is 7.33. The third-order valence-electron chi connectivity index (χ3n) is 3.00. The summed E-state index contributed by atoms with van der Waals surface area (Å²) in [5, 5.41) is 6.77. The fourth-order valence-electron chi connectivity index (χ4n) is 1.77. The van der Waals surface area contributed by atoms with Crippen molar-refractivity contribution in [3.05, 3.63) is 36.2 Å². The second-order valence-corrected chi connectivity index (χ2v) is 4.56. The molecule has 0 aliphatic rings. The Kier molecular flexibility index (Phi) is 4.76. The van der Waals surface area contributed by atoms with Gasteiger partial charge in [-0.2, -0.15) is 0 Å². The Morgan fingerprint density at radius 2 is 2.10 bits per heavy atom. The van der Waals surface area contributed by atoms with Gasteiger partial charge in [0.15, 0.2) is 0 Å². The van der Waals surface area contributed by atoms with Crippen LogP contribution in [-0.2, 0) is 13.1 Å². The van der Waals surface area contributed by atoms with E-state index in [0.717, 1.165) is 11.3 Å². The zero-order valence-electron chi connectivity index (χ0n) is 12.4. The summed E-state index contributed by atoms with van der Waals surface area (Å²) in [7, 11) is 3.34. The molecule has 2 rings (SSSR count). The number of aromatic nitrogens is 3. The van der Waals surface area contributed by atoms with Crippen molar-refractivity contribution in [1.29, 1.82) is 0 Å². The number of rotatable bonds is 5. The van der Waals surface area contributed by atoms with Gasteiger partial charge in [-0.1, -0.05) is 12.1 Å². The van der Waals surface area contributed by atoms with Crippen LogP contribution >= 0.6 is 0 Å². The molecule has 112 valence electrons. The van der Waals surface area contributed by atoms with Gasteiger partial charge in [0, 0.05) is 20.1 Å². The van der Waals surface area contributed by atoms with Gasteiger partial charge in [0.2, 0.25) is 5.95 Å². The normalized spacial score (nSPS) is 10.2. The van der Waals surface area contributed by atoms with Crippen molar-refractivity contribution in [3.8, 4) is 5.75 Å². The molecule has 0 aliphatic carbocycles. The van der Waals surface area contributed by atoms with Gasteiger partial charge in [-0.15, -0.1) is 5.10 Å². The molecular weight excluding hydrogens is 270 g/mol. The molecule has 21 heavy (non-hydrogen) atoms. The summed E-state index contributed by atoms with van der Waals surface area (Å²) in [4.78, 5) is 17.6. The minimum Gasteiger partial charge on any atom is -0.497 e. The molecule has 0 fully saturated rings. The van der Waals surface area contributed by atoms with Crippen LogP contribution in [0, 0.1) is 0 Å². The van der Waals surface area contributed by atoms with Crippen LogP contribution in [0.25, 0.3) is 0 Å². The number of ether oxygens (including phenoxy) is 1. The number of nitrogens with zero attached hydrogens (tertiary/aromatic N) is 4. The highest BCUT2D eigenvalue weighted by atomic mass is 16.5. The predicted molar refractivity (Wildman–Crippen MR) is 79.2 cm³/mol. The van der Waals surface area contributed by atoms with Gasteiger partial charge in [-0.3, -0.25) is 10.00 Å². The fraction of sp³-hybridized carbons (Fsp3) is 0.357. The Morgan fingerprint density at radius 3 is 2.67 bits per heavy atom. The first-order valence-electron chi connectivity index (χ1n) is 6.67. The second-order valence-electron chi connectivity index (χ2n) is 4.56. The van der Waals surface area contributed by atoms with Crippen LogP contribution in [0.2, 0.25) is 0 Å². The molecule has 0 radical (unpaired) electrons. The van der Waals surface area contributed by atoms with E-state index < -0.39 is 0 Å². The minimum atomic E-state index is -0.250. The lowest BCUT2D eigenvalue weighted by atomic mass is 10.2. The monoisotopic (exact) mass is 289 g/mol. The maximum absolute atomic E-state index is 12.0. The number of hydrogen-bond acceptors (Lipinski definition) is 4. The average Bonchev–Trinajstić information content (AvgIpc) is 2.95. The Morgan fingerprint density at radius 1 is 1.38 bits per heavy atom. The zero-order chi connectivity index (χ0) is 15.2. The summed E-state index contributed by atoms with van der Waals surface area (Å²) in [6.45, 7) is 3.16. The molecule has 0 aliphatic heterocycles. The number of methoxy groups -OCH3 is 1. The predicted octanol–water partition coefficient (Wildman–Crippen LogP) is 1.97.